The van der Waals surface area contributed by atoms with Gasteiger partial charge in [-0.25, -0.2) is 4.39 Å². The van der Waals surface area contributed by atoms with E-state index < -0.39 is 17.6 Å². The molecule has 0 saturated heterocycles. The molecule has 1 nitrogen and oxygen atoms in total. The van der Waals surface area contributed by atoms with Crippen LogP contribution < -0.4 is 5.32 Å². The van der Waals surface area contributed by atoms with Crippen LogP contribution in [-0.4, -0.2) is 6.54 Å². The van der Waals surface area contributed by atoms with E-state index in [4.69, 9.17) is 0 Å². The van der Waals surface area contributed by atoms with Crippen LogP contribution in [0.3, 0.4) is 0 Å². The third kappa shape index (κ3) is 3.95. The van der Waals surface area contributed by atoms with Crippen molar-refractivity contribution in [2.75, 3.05) is 6.54 Å². The van der Waals surface area contributed by atoms with Crippen molar-refractivity contribution in [2.45, 2.75) is 45.8 Å². The third-order valence-corrected chi connectivity index (χ3v) is 3.60. The minimum absolute atomic E-state index is 0.119. The Bertz CT molecular complexity index is 424. The second-order valence-corrected chi connectivity index (χ2v) is 4.85. The van der Waals surface area contributed by atoms with Gasteiger partial charge in [-0.3, -0.25) is 0 Å². The van der Waals surface area contributed by atoms with Gasteiger partial charge in [-0.2, -0.15) is 13.2 Å². The maximum absolute atomic E-state index is 13.7. The fourth-order valence-corrected chi connectivity index (χ4v) is 2.49. The van der Waals surface area contributed by atoms with Crippen LogP contribution in [0.1, 0.15) is 50.8 Å². The molecule has 1 N–H and O–H groups in total. The van der Waals surface area contributed by atoms with Gasteiger partial charge in [-0.15, -0.1) is 0 Å². The first-order chi connectivity index (χ1) is 9.35. The summed E-state index contributed by atoms with van der Waals surface area (Å²) in [4.78, 5) is 0. The molecule has 20 heavy (non-hydrogen) atoms. The van der Waals surface area contributed by atoms with Crippen LogP contribution in [0.5, 0.6) is 0 Å². The Balaban J connectivity index is 3.13. The van der Waals surface area contributed by atoms with Crippen LogP contribution in [0.15, 0.2) is 18.2 Å². The molecule has 0 saturated carbocycles. The number of hydrogen-bond acceptors (Lipinski definition) is 1. The fourth-order valence-electron chi connectivity index (χ4n) is 2.49. The minimum atomic E-state index is -4.65. The van der Waals surface area contributed by atoms with Crippen LogP contribution in [-0.2, 0) is 6.18 Å². The van der Waals surface area contributed by atoms with Crippen LogP contribution in [0.4, 0.5) is 17.6 Å². The van der Waals surface area contributed by atoms with Gasteiger partial charge in [0, 0.05) is 6.04 Å². The van der Waals surface area contributed by atoms with Gasteiger partial charge in [0.05, 0.1) is 5.56 Å². The average Bonchev–Trinajstić information content (AvgIpc) is 2.37. The van der Waals surface area contributed by atoms with Gasteiger partial charge >= 0.3 is 6.18 Å². The van der Waals surface area contributed by atoms with Crippen LogP contribution >= 0.6 is 0 Å². The molecule has 0 fully saturated rings. The summed E-state index contributed by atoms with van der Waals surface area (Å²) < 4.78 is 51.4. The van der Waals surface area contributed by atoms with E-state index in [1.807, 2.05) is 20.8 Å². The molecule has 0 aliphatic heterocycles. The van der Waals surface area contributed by atoms with Crippen molar-refractivity contribution in [1.82, 2.24) is 5.32 Å². The van der Waals surface area contributed by atoms with Gasteiger partial charge in [0.1, 0.15) is 5.82 Å². The normalized spacial score (nSPS) is 13.8. The molecular formula is C15H21F4N. The lowest BCUT2D eigenvalue weighted by Gasteiger charge is -2.27. The summed E-state index contributed by atoms with van der Waals surface area (Å²) >= 11 is 0. The quantitative estimate of drug-likeness (QED) is 0.733. The molecule has 0 radical (unpaired) electrons. The Morgan fingerprint density at radius 1 is 1.10 bits per heavy atom. The molecule has 114 valence electrons. The van der Waals surface area contributed by atoms with Gasteiger partial charge in [0.25, 0.3) is 0 Å². The van der Waals surface area contributed by atoms with E-state index in [1.54, 1.807) is 0 Å². The Kier molecular flexibility index (Phi) is 5.99. The lowest BCUT2D eigenvalue weighted by Crippen LogP contribution is -2.28. The zero-order valence-electron chi connectivity index (χ0n) is 12.0. The second-order valence-electron chi connectivity index (χ2n) is 4.85. The van der Waals surface area contributed by atoms with E-state index in [9.17, 15) is 17.6 Å². The Labute approximate surface area is 117 Å². The molecule has 0 spiro atoms. The van der Waals surface area contributed by atoms with Crippen molar-refractivity contribution in [3.05, 3.63) is 35.1 Å². The number of alkyl halides is 3. The first-order valence-electron chi connectivity index (χ1n) is 6.95. The summed E-state index contributed by atoms with van der Waals surface area (Å²) in [5.41, 5.74) is -0.632. The molecule has 1 aromatic carbocycles. The van der Waals surface area contributed by atoms with Crippen LogP contribution in [0.25, 0.3) is 0 Å². The highest BCUT2D eigenvalue weighted by Crippen LogP contribution is 2.34. The second kappa shape index (κ2) is 7.07. The first-order valence-corrected chi connectivity index (χ1v) is 6.95. The molecule has 1 unspecified atom stereocenters. The van der Waals surface area contributed by atoms with E-state index in [0.717, 1.165) is 25.0 Å². The summed E-state index contributed by atoms with van der Waals surface area (Å²) in [7, 11) is 0. The maximum atomic E-state index is 13.7. The molecule has 0 aliphatic carbocycles. The first kappa shape index (κ1) is 17.0. The molecule has 0 amide bonds. The summed E-state index contributed by atoms with van der Waals surface area (Å²) in [6.45, 7) is 6.66. The van der Waals surface area contributed by atoms with E-state index in [-0.39, 0.29) is 12.0 Å². The van der Waals surface area contributed by atoms with Crippen molar-refractivity contribution in [1.29, 1.82) is 0 Å². The number of rotatable bonds is 6. The third-order valence-electron chi connectivity index (χ3n) is 3.60. The van der Waals surface area contributed by atoms with Crippen molar-refractivity contribution in [3.8, 4) is 0 Å². The molecular weight excluding hydrogens is 270 g/mol. The zero-order valence-corrected chi connectivity index (χ0v) is 12.0. The number of halogens is 4. The predicted molar refractivity (Wildman–Crippen MR) is 71.9 cm³/mol. The standard InChI is InChI=1S/C15H21F4N/c1-4-10(5-2)14(20-6-3)11-7-8-12(13(16)9-11)15(17,18)19/h7-10,14,20H,4-6H2,1-3H3. The summed E-state index contributed by atoms with van der Waals surface area (Å²) in [6, 6.07) is 3.09. The van der Waals surface area contributed by atoms with E-state index in [0.29, 0.717) is 12.1 Å². The Morgan fingerprint density at radius 2 is 1.70 bits per heavy atom. The van der Waals surface area contributed by atoms with Crippen LogP contribution in [0, 0.1) is 11.7 Å². The molecule has 1 atom stereocenters. The largest absolute Gasteiger partial charge is 0.419 e. The molecule has 0 aliphatic rings. The van der Waals surface area contributed by atoms with Crippen LogP contribution in [0.2, 0.25) is 0 Å². The Hall–Kier alpha value is -1.10. The molecule has 0 bridgehead atoms. The Morgan fingerprint density at radius 3 is 2.10 bits per heavy atom. The van der Waals surface area contributed by atoms with E-state index in [2.05, 4.69) is 5.32 Å². The van der Waals surface area contributed by atoms with Gasteiger partial charge in [-0.1, -0.05) is 39.7 Å². The number of hydrogen-bond donors (Lipinski definition) is 1. The van der Waals surface area contributed by atoms with Gasteiger partial charge in [-0.05, 0) is 30.2 Å². The highest BCUT2D eigenvalue weighted by atomic mass is 19.4. The van der Waals surface area contributed by atoms with Crippen molar-refractivity contribution < 1.29 is 17.6 Å². The predicted octanol–water partition coefficient (Wildman–Crippen LogP) is 4.93. The van der Waals surface area contributed by atoms with Crippen molar-refractivity contribution in [2.24, 2.45) is 5.92 Å². The summed E-state index contributed by atoms with van der Waals surface area (Å²) in [5, 5.41) is 3.24. The zero-order chi connectivity index (χ0) is 15.3. The highest BCUT2D eigenvalue weighted by molar-refractivity contribution is 5.29. The molecule has 0 heterocycles. The summed E-state index contributed by atoms with van der Waals surface area (Å²) in [5.74, 6) is -0.935. The smallest absolute Gasteiger partial charge is 0.310 e. The van der Waals surface area contributed by atoms with Crippen molar-refractivity contribution in [3.63, 3.8) is 0 Å². The minimum Gasteiger partial charge on any atom is -0.310 e. The van der Waals surface area contributed by atoms with Crippen molar-refractivity contribution >= 4 is 0 Å². The fraction of sp³-hybridized carbons (Fsp3) is 0.600. The monoisotopic (exact) mass is 291 g/mol. The van der Waals surface area contributed by atoms with Gasteiger partial charge < -0.3 is 5.32 Å². The topological polar surface area (TPSA) is 12.0 Å². The molecule has 1 rings (SSSR count). The molecule has 1 aromatic rings. The summed E-state index contributed by atoms with van der Waals surface area (Å²) in [6.07, 6.45) is -2.88. The number of benzene rings is 1. The number of nitrogens with one attached hydrogen (secondary N) is 1. The molecule has 0 aromatic heterocycles. The maximum Gasteiger partial charge on any atom is 0.419 e. The lowest BCUT2D eigenvalue weighted by atomic mass is 9.88. The van der Waals surface area contributed by atoms with E-state index >= 15 is 0 Å². The van der Waals surface area contributed by atoms with Gasteiger partial charge in [0.2, 0.25) is 0 Å². The molecule has 5 heteroatoms. The van der Waals surface area contributed by atoms with E-state index in [1.165, 1.54) is 6.07 Å². The average molecular weight is 291 g/mol. The highest BCUT2D eigenvalue weighted by Gasteiger charge is 2.34. The van der Waals surface area contributed by atoms with Gasteiger partial charge in [0.15, 0.2) is 0 Å². The SMILES string of the molecule is CCNC(c1ccc(C(F)(F)F)c(F)c1)C(CC)CC. The lowest BCUT2D eigenvalue weighted by molar-refractivity contribution is -0.140.